The van der Waals surface area contributed by atoms with Crippen LogP contribution >= 0.6 is 0 Å². The first-order valence-corrected chi connectivity index (χ1v) is 6.73. The lowest BCUT2D eigenvalue weighted by Crippen LogP contribution is -2.16. The maximum absolute atomic E-state index is 12.8. The summed E-state index contributed by atoms with van der Waals surface area (Å²) >= 11 is 0. The summed E-state index contributed by atoms with van der Waals surface area (Å²) in [7, 11) is 0. The fourth-order valence-corrected chi connectivity index (χ4v) is 2.68. The molecule has 0 aliphatic carbocycles. The summed E-state index contributed by atoms with van der Waals surface area (Å²) in [5.74, 6) is -1.07. The first kappa shape index (κ1) is 12.5. The molecular weight excluding hydrogens is 280 g/mol. The van der Waals surface area contributed by atoms with E-state index in [4.69, 9.17) is 5.11 Å². The minimum atomic E-state index is -1.07. The Morgan fingerprint density at radius 1 is 1.05 bits per heavy atom. The van der Waals surface area contributed by atoms with Crippen LogP contribution in [0.4, 0.5) is 0 Å². The van der Waals surface area contributed by atoms with Crippen LogP contribution in [0.1, 0.15) is 10.4 Å². The molecule has 0 fully saturated rings. The van der Waals surface area contributed by atoms with Gasteiger partial charge in [-0.05, 0) is 41.8 Å². The lowest BCUT2D eigenvalue weighted by Gasteiger charge is -2.07. The largest absolute Gasteiger partial charge is 0.478 e. The summed E-state index contributed by atoms with van der Waals surface area (Å²) in [6, 6.07) is 15.6. The second kappa shape index (κ2) is 4.39. The van der Waals surface area contributed by atoms with E-state index in [1.165, 1.54) is 16.5 Å². The molecule has 0 aliphatic heterocycles. The summed E-state index contributed by atoms with van der Waals surface area (Å²) in [6.07, 6.45) is 0. The van der Waals surface area contributed by atoms with Gasteiger partial charge >= 0.3 is 5.97 Å². The summed E-state index contributed by atoms with van der Waals surface area (Å²) < 4.78 is 1.52. The number of benzene rings is 2. The Labute approximate surface area is 124 Å². The second-order valence-electron chi connectivity index (χ2n) is 5.04. The van der Waals surface area contributed by atoms with Crippen molar-refractivity contribution in [2.45, 2.75) is 0 Å². The first-order valence-electron chi connectivity index (χ1n) is 6.73. The van der Waals surface area contributed by atoms with E-state index in [0.717, 1.165) is 10.9 Å². The van der Waals surface area contributed by atoms with E-state index >= 15 is 0 Å². The predicted octanol–water partition coefficient (Wildman–Crippen LogP) is 2.70. The van der Waals surface area contributed by atoms with Crippen LogP contribution in [0.5, 0.6) is 0 Å². The molecule has 2 aromatic carbocycles. The van der Waals surface area contributed by atoms with Crippen LogP contribution in [0.15, 0.2) is 59.4 Å². The number of fused-ring (bicyclic) bond motifs is 4. The molecule has 4 aromatic rings. The van der Waals surface area contributed by atoms with Gasteiger partial charge in [-0.2, -0.15) is 0 Å². The molecule has 0 saturated heterocycles. The predicted molar refractivity (Wildman–Crippen MR) is 83.4 cm³/mol. The zero-order valence-corrected chi connectivity index (χ0v) is 11.4. The van der Waals surface area contributed by atoms with Crippen molar-refractivity contribution in [3.05, 3.63) is 70.5 Å². The monoisotopic (exact) mass is 290 g/mol. The topological polar surface area (TPSA) is 71.7 Å². The highest BCUT2D eigenvalue weighted by Crippen LogP contribution is 2.17. The van der Waals surface area contributed by atoms with Gasteiger partial charge in [0.2, 0.25) is 0 Å². The third-order valence-corrected chi connectivity index (χ3v) is 3.73. The van der Waals surface area contributed by atoms with Crippen molar-refractivity contribution in [1.82, 2.24) is 9.38 Å². The average Bonchev–Trinajstić information content (AvgIpc) is 2.54. The number of pyridine rings is 1. The lowest BCUT2D eigenvalue weighted by molar-refractivity contribution is 0.0697. The summed E-state index contributed by atoms with van der Waals surface area (Å²) in [4.78, 5) is 28.4. The molecule has 0 radical (unpaired) electrons. The van der Waals surface area contributed by atoms with Crippen LogP contribution in [-0.4, -0.2) is 20.5 Å². The van der Waals surface area contributed by atoms with Crippen LogP contribution in [0, 0.1) is 0 Å². The molecule has 22 heavy (non-hydrogen) atoms. The normalized spacial score (nSPS) is 11.3. The number of carbonyl (C=O) groups is 1. The first-order chi connectivity index (χ1) is 10.6. The Kier molecular flexibility index (Phi) is 2.50. The molecule has 2 heterocycles. The van der Waals surface area contributed by atoms with Crippen molar-refractivity contribution < 1.29 is 9.90 Å². The fraction of sp³-hybridized carbons (Fsp3) is 0. The number of nitrogens with zero attached hydrogens (tertiary/aromatic N) is 2. The Balaban J connectivity index is 2.25. The van der Waals surface area contributed by atoms with E-state index in [0.29, 0.717) is 16.6 Å². The standard InChI is InChI=1S/C17H10N2O3/c20-16-12-9-11(17(21)22)5-7-13(12)18-15-8-6-10-3-1-2-4-14(10)19(15)16/h1-9H,(H,21,22). The van der Waals surface area contributed by atoms with E-state index < -0.39 is 5.97 Å². The third-order valence-electron chi connectivity index (χ3n) is 3.73. The van der Waals surface area contributed by atoms with Gasteiger partial charge in [-0.1, -0.05) is 18.2 Å². The number of para-hydroxylation sites is 1. The molecule has 5 nitrogen and oxygen atoms in total. The van der Waals surface area contributed by atoms with Crippen molar-refractivity contribution >= 4 is 33.4 Å². The number of hydrogen-bond donors (Lipinski definition) is 1. The third kappa shape index (κ3) is 1.69. The average molecular weight is 290 g/mol. The van der Waals surface area contributed by atoms with Gasteiger partial charge in [0, 0.05) is 0 Å². The van der Waals surface area contributed by atoms with E-state index in [-0.39, 0.29) is 11.1 Å². The molecule has 0 amide bonds. The number of carboxylic acid groups (broad SMARTS) is 1. The van der Waals surface area contributed by atoms with Crippen molar-refractivity contribution in [1.29, 1.82) is 0 Å². The van der Waals surface area contributed by atoms with Crippen LogP contribution < -0.4 is 5.56 Å². The molecule has 5 heteroatoms. The highest BCUT2D eigenvalue weighted by atomic mass is 16.4. The summed E-state index contributed by atoms with van der Waals surface area (Å²) in [5.41, 5.74) is 1.59. The number of rotatable bonds is 1. The highest BCUT2D eigenvalue weighted by Gasteiger charge is 2.11. The molecule has 0 atom stereocenters. The molecule has 0 unspecified atom stereocenters. The SMILES string of the molecule is O=C(O)c1ccc2nc3ccc4ccccc4n3c(=O)c2c1. The smallest absolute Gasteiger partial charge is 0.335 e. The number of hydrogen-bond acceptors (Lipinski definition) is 3. The molecule has 2 aromatic heterocycles. The molecule has 0 bridgehead atoms. The molecule has 106 valence electrons. The zero-order valence-electron chi connectivity index (χ0n) is 11.4. The van der Waals surface area contributed by atoms with Gasteiger partial charge in [-0.25, -0.2) is 9.78 Å². The van der Waals surface area contributed by atoms with Crippen molar-refractivity contribution in [2.24, 2.45) is 0 Å². The Bertz CT molecular complexity index is 1130. The Morgan fingerprint density at radius 3 is 2.68 bits per heavy atom. The van der Waals surface area contributed by atoms with Gasteiger partial charge in [0.1, 0.15) is 5.65 Å². The van der Waals surface area contributed by atoms with Gasteiger partial charge in [0.15, 0.2) is 0 Å². The van der Waals surface area contributed by atoms with Crippen LogP contribution in [0.2, 0.25) is 0 Å². The van der Waals surface area contributed by atoms with Crippen LogP contribution in [0.25, 0.3) is 27.5 Å². The van der Waals surface area contributed by atoms with Gasteiger partial charge in [-0.15, -0.1) is 0 Å². The Morgan fingerprint density at radius 2 is 1.86 bits per heavy atom. The van der Waals surface area contributed by atoms with Crippen molar-refractivity contribution in [3.63, 3.8) is 0 Å². The second-order valence-corrected chi connectivity index (χ2v) is 5.04. The van der Waals surface area contributed by atoms with E-state index in [9.17, 15) is 9.59 Å². The lowest BCUT2D eigenvalue weighted by atomic mass is 10.1. The molecule has 0 saturated carbocycles. The quantitative estimate of drug-likeness (QED) is 0.432. The molecule has 0 aliphatic rings. The Hall–Kier alpha value is -3.21. The van der Waals surface area contributed by atoms with E-state index in [1.54, 1.807) is 12.1 Å². The number of aromatic nitrogens is 2. The van der Waals surface area contributed by atoms with Crippen molar-refractivity contribution in [2.75, 3.05) is 0 Å². The molecule has 0 spiro atoms. The summed E-state index contributed by atoms with van der Waals surface area (Å²) in [5, 5.41) is 10.3. The summed E-state index contributed by atoms with van der Waals surface area (Å²) in [6.45, 7) is 0. The van der Waals surface area contributed by atoms with E-state index in [1.807, 2.05) is 30.3 Å². The highest BCUT2D eigenvalue weighted by molar-refractivity contribution is 5.94. The van der Waals surface area contributed by atoms with Crippen LogP contribution in [-0.2, 0) is 0 Å². The van der Waals surface area contributed by atoms with Crippen molar-refractivity contribution in [3.8, 4) is 0 Å². The number of carboxylic acids is 1. The van der Waals surface area contributed by atoms with Crippen LogP contribution in [0.3, 0.4) is 0 Å². The maximum Gasteiger partial charge on any atom is 0.335 e. The number of aromatic carboxylic acids is 1. The molecular formula is C17H10N2O3. The van der Waals surface area contributed by atoms with Gasteiger partial charge in [0.05, 0.1) is 22.0 Å². The molecule has 1 N–H and O–H groups in total. The zero-order chi connectivity index (χ0) is 15.3. The van der Waals surface area contributed by atoms with Gasteiger partial charge in [-0.3, -0.25) is 9.20 Å². The maximum atomic E-state index is 12.8. The van der Waals surface area contributed by atoms with Gasteiger partial charge < -0.3 is 5.11 Å². The van der Waals surface area contributed by atoms with Gasteiger partial charge in [0.25, 0.3) is 5.56 Å². The minimum absolute atomic E-state index is 0.0755. The molecule has 4 rings (SSSR count). The minimum Gasteiger partial charge on any atom is -0.478 e. The fourth-order valence-electron chi connectivity index (χ4n) is 2.68. The van der Waals surface area contributed by atoms with E-state index in [2.05, 4.69) is 4.98 Å².